The minimum Gasteiger partial charge on any atom is -0.396 e. The Balaban J connectivity index is 2.15. The van der Waals surface area contributed by atoms with E-state index in [1.54, 1.807) is 0 Å². The largest absolute Gasteiger partial charge is 0.396 e. The summed E-state index contributed by atoms with van der Waals surface area (Å²) in [5.41, 5.74) is 0. The molecular formula is C9H15NO. The molecule has 2 aliphatic rings. The van der Waals surface area contributed by atoms with E-state index in [-0.39, 0.29) is 0 Å². The first-order valence-corrected chi connectivity index (χ1v) is 4.33. The number of rotatable bonds is 2. The third-order valence-electron chi connectivity index (χ3n) is 3.17. The zero-order valence-corrected chi connectivity index (χ0v) is 6.83. The van der Waals surface area contributed by atoms with E-state index in [2.05, 4.69) is 17.5 Å². The molecule has 0 aromatic heterocycles. The van der Waals surface area contributed by atoms with Crippen molar-refractivity contribution >= 4 is 0 Å². The van der Waals surface area contributed by atoms with Crippen molar-refractivity contribution in [2.75, 3.05) is 13.7 Å². The average Bonchev–Trinajstić information content (AvgIpc) is 2.60. The topological polar surface area (TPSA) is 32.3 Å². The Morgan fingerprint density at radius 2 is 2.18 bits per heavy atom. The lowest BCUT2D eigenvalue weighted by Crippen LogP contribution is -2.38. The van der Waals surface area contributed by atoms with Gasteiger partial charge >= 0.3 is 0 Å². The molecular weight excluding hydrogens is 138 g/mol. The standard InChI is InChI=1S/C9H15NO/c1-10-9-7-3-2-6(4-7)8(9)5-11/h2-3,6-11H,4-5H2,1H3/t6-,7+,8-,9+/m1/s1. The summed E-state index contributed by atoms with van der Waals surface area (Å²) < 4.78 is 0. The molecule has 0 heterocycles. The molecule has 2 nitrogen and oxygen atoms in total. The van der Waals surface area contributed by atoms with Crippen molar-refractivity contribution in [2.45, 2.75) is 12.5 Å². The molecule has 0 spiro atoms. The molecule has 1 fully saturated rings. The van der Waals surface area contributed by atoms with E-state index in [0.29, 0.717) is 30.4 Å². The molecule has 0 unspecified atom stereocenters. The van der Waals surface area contributed by atoms with Gasteiger partial charge in [-0.25, -0.2) is 0 Å². The van der Waals surface area contributed by atoms with Crippen molar-refractivity contribution in [3.05, 3.63) is 12.2 Å². The lowest BCUT2D eigenvalue weighted by atomic mass is 9.90. The SMILES string of the molecule is CN[C@@H]1[C@H](CO)[C@@H]2C=C[C@H]1C2. The third kappa shape index (κ3) is 0.932. The van der Waals surface area contributed by atoms with E-state index < -0.39 is 0 Å². The highest BCUT2D eigenvalue weighted by Crippen LogP contribution is 2.43. The van der Waals surface area contributed by atoms with Gasteiger partial charge in [0, 0.05) is 18.6 Å². The predicted molar refractivity (Wildman–Crippen MR) is 44.2 cm³/mol. The van der Waals surface area contributed by atoms with Gasteiger partial charge in [0.15, 0.2) is 0 Å². The Hall–Kier alpha value is -0.340. The summed E-state index contributed by atoms with van der Waals surface area (Å²) in [6.45, 7) is 0.330. The predicted octanol–water partition coefficient (Wildman–Crippen LogP) is 0.389. The van der Waals surface area contributed by atoms with Crippen LogP contribution in [-0.2, 0) is 0 Å². The monoisotopic (exact) mass is 153 g/mol. The Bertz CT molecular complexity index is 160. The lowest BCUT2D eigenvalue weighted by molar-refractivity contribution is 0.182. The summed E-state index contributed by atoms with van der Waals surface area (Å²) in [4.78, 5) is 0. The van der Waals surface area contributed by atoms with Crippen LogP contribution >= 0.6 is 0 Å². The van der Waals surface area contributed by atoms with Gasteiger partial charge in [-0.1, -0.05) is 12.2 Å². The Kier molecular flexibility index (Phi) is 1.74. The van der Waals surface area contributed by atoms with Crippen LogP contribution in [0.4, 0.5) is 0 Å². The molecule has 2 rings (SSSR count). The summed E-state index contributed by atoms with van der Waals surface area (Å²) in [5.74, 6) is 1.79. The Morgan fingerprint density at radius 3 is 2.73 bits per heavy atom. The van der Waals surface area contributed by atoms with Crippen LogP contribution in [0.15, 0.2) is 12.2 Å². The summed E-state index contributed by atoms with van der Waals surface area (Å²) in [7, 11) is 1.99. The molecule has 0 amide bonds. The summed E-state index contributed by atoms with van der Waals surface area (Å²) in [5, 5.41) is 12.4. The molecule has 2 heteroatoms. The van der Waals surface area contributed by atoms with Gasteiger partial charge in [-0.15, -0.1) is 0 Å². The van der Waals surface area contributed by atoms with Gasteiger partial charge in [0.25, 0.3) is 0 Å². The molecule has 0 radical (unpaired) electrons. The van der Waals surface area contributed by atoms with E-state index >= 15 is 0 Å². The van der Waals surface area contributed by atoms with E-state index in [1.807, 2.05) is 7.05 Å². The Labute approximate surface area is 67.3 Å². The highest BCUT2D eigenvalue weighted by Gasteiger charge is 2.42. The molecule has 2 bridgehead atoms. The minimum absolute atomic E-state index is 0.330. The summed E-state index contributed by atoms with van der Waals surface area (Å²) >= 11 is 0. The van der Waals surface area contributed by atoms with Crippen molar-refractivity contribution in [3.63, 3.8) is 0 Å². The van der Waals surface area contributed by atoms with Crippen LogP contribution in [0.5, 0.6) is 0 Å². The van der Waals surface area contributed by atoms with Gasteiger partial charge in [-0.2, -0.15) is 0 Å². The van der Waals surface area contributed by atoms with Crippen molar-refractivity contribution in [1.29, 1.82) is 0 Å². The number of hydrogen-bond acceptors (Lipinski definition) is 2. The second-order valence-corrected chi connectivity index (χ2v) is 3.61. The van der Waals surface area contributed by atoms with Crippen molar-refractivity contribution in [3.8, 4) is 0 Å². The molecule has 2 aliphatic carbocycles. The highest BCUT2D eigenvalue weighted by atomic mass is 16.3. The molecule has 11 heavy (non-hydrogen) atoms. The molecule has 0 aliphatic heterocycles. The number of fused-ring (bicyclic) bond motifs is 2. The van der Waals surface area contributed by atoms with Gasteiger partial charge < -0.3 is 10.4 Å². The maximum Gasteiger partial charge on any atom is 0.0480 e. The quantitative estimate of drug-likeness (QED) is 0.562. The first-order valence-electron chi connectivity index (χ1n) is 4.33. The summed E-state index contributed by atoms with van der Waals surface area (Å²) in [6.07, 6.45) is 5.80. The minimum atomic E-state index is 0.330. The third-order valence-corrected chi connectivity index (χ3v) is 3.17. The fourth-order valence-corrected chi connectivity index (χ4v) is 2.60. The normalized spacial score (nSPS) is 47.1. The molecule has 0 saturated heterocycles. The molecule has 0 aromatic carbocycles. The van der Waals surface area contributed by atoms with Crippen LogP contribution in [0.3, 0.4) is 0 Å². The fourth-order valence-electron chi connectivity index (χ4n) is 2.60. The van der Waals surface area contributed by atoms with Gasteiger partial charge in [0.1, 0.15) is 0 Å². The average molecular weight is 153 g/mol. The number of aliphatic hydroxyl groups excluding tert-OH is 1. The van der Waals surface area contributed by atoms with Crippen LogP contribution in [0.2, 0.25) is 0 Å². The van der Waals surface area contributed by atoms with E-state index in [9.17, 15) is 0 Å². The number of hydrogen-bond donors (Lipinski definition) is 2. The molecule has 0 aromatic rings. The maximum atomic E-state index is 9.12. The Morgan fingerprint density at radius 1 is 1.45 bits per heavy atom. The first kappa shape index (κ1) is 7.32. The number of aliphatic hydroxyl groups is 1. The van der Waals surface area contributed by atoms with Crippen LogP contribution in [0.25, 0.3) is 0 Å². The maximum absolute atomic E-state index is 9.12. The van der Waals surface area contributed by atoms with Crippen molar-refractivity contribution in [1.82, 2.24) is 5.32 Å². The second kappa shape index (κ2) is 2.61. The summed E-state index contributed by atoms with van der Waals surface area (Å²) in [6, 6.07) is 0.523. The van der Waals surface area contributed by atoms with E-state index in [0.717, 1.165) is 0 Å². The smallest absolute Gasteiger partial charge is 0.0480 e. The van der Waals surface area contributed by atoms with E-state index in [1.165, 1.54) is 6.42 Å². The highest BCUT2D eigenvalue weighted by molar-refractivity contribution is 5.15. The van der Waals surface area contributed by atoms with Gasteiger partial charge in [-0.05, 0) is 25.3 Å². The molecule has 4 atom stereocenters. The molecule has 2 N–H and O–H groups in total. The van der Waals surface area contributed by atoms with Crippen LogP contribution < -0.4 is 5.32 Å². The van der Waals surface area contributed by atoms with E-state index in [4.69, 9.17) is 5.11 Å². The zero-order chi connectivity index (χ0) is 7.84. The van der Waals surface area contributed by atoms with Crippen LogP contribution in [0.1, 0.15) is 6.42 Å². The van der Waals surface area contributed by atoms with Crippen molar-refractivity contribution < 1.29 is 5.11 Å². The second-order valence-electron chi connectivity index (χ2n) is 3.61. The van der Waals surface area contributed by atoms with Gasteiger partial charge in [0.05, 0.1) is 0 Å². The van der Waals surface area contributed by atoms with Gasteiger partial charge in [-0.3, -0.25) is 0 Å². The number of allylic oxidation sites excluding steroid dienone is 1. The fraction of sp³-hybridized carbons (Fsp3) is 0.778. The van der Waals surface area contributed by atoms with Crippen LogP contribution in [-0.4, -0.2) is 24.8 Å². The molecule has 1 saturated carbocycles. The zero-order valence-electron chi connectivity index (χ0n) is 6.83. The van der Waals surface area contributed by atoms with Gasteiger partial charge in [0.2, 0.25) is 0 Å². The number of nitrogens with one attached hydrogen (secondary N) is 1. The molecule has 62 valence electrons. The first-order chi connectivity index (χ1) is 5.36. The lowest BCUT2D eigenvalue weighted by Gasteiger charge is -2.25. The van der Waals surface area contributed by atoms with Crippen molar-refractivity contribution in [2.24, 2.45) is 17.8 Å². The van der Waals surface area contributed by atoms with Crippen LogP contribution in [0, 0.1) is 17.8 Å².